The SMILES string of the molecule is O=C(O)Cc1cnn(-c2ccc(-c3cccc(F)c3)cc2)c1Br. The highest BCUT2D eigenvalue weighted by molar-refractivity contribution is 9.10. The lowest BCUT2D eigenvalue weighted by Gasteiger charge is -2.06. The Labute approximate surface area is 140 Å². The molecule has 0 aliphatic heterocycles. The molecular formula is C17H12BrFN2O2. The molecule has 0 bridgehead atoms. The van der Waals surface area contributed by atoms with Crippen LogP contribution in [0.15, 0.2) is 59.3 Å². The molecule has 0 aliphatic rings. The van der Waals surface area contributed by atoms with E-state index in [1.165, 1.54) is 18.3 Å². The molecule has 0 amide bonds. The summed E-state index contributed by atoms with van der Waals surface area (Å²) in [4.78, 5) is 10.8. The minimum Gasteiger partial charge on any atom is -0.481 e. The minimum absolute atomic E-state index is 0.0953. The van der Waals surface area contributed by atoms with Crippen molar-refractivity contribution >= 4 is 21.9 Å². The molecule has 1 heterocycles. The quantitative estimate of drug-likeness (QED) is 0.748. The molecule has 0 unspecified atom stereocenters. The average Bonchev–Trinajstić information content (AvgIpc) is 2.88. The molecule has 23 heavy (non-hydrogen) atoms. The van der Waals surface area contributed by atoms with Crippen LogP contribution >= 0.6 is 15.9 Å². The van der Waals surface area contributed by atoms with E-state index in [0.717, 1.165) is 16.8 Å². The summed E-state index contributed by atoms with van der Waals surface area (Å²) in [6.45, 7) is 0. The molecule has 0 atom stereocenters. The van der Waals surface area contributed by atoms with Crippen molar-refractivity contribution in [2.24, 2.45) is 0 Å². The van der Waals surface area contributed by atoms with Crippen LogP contribution in [0.2, 0.25) is 0 Å². The van der Waals surface area contributed by atoms with Gasteiger partial charge < -0.3 is 5.11 Å². The van der Waals surface area contributed by atoms with Crippen molar-refractivity contribution in [2.75, 3.05) is 0 Å². The van der Waals surface area contributed by atoms with E-state index in [1.807, 2.05) is 30.3 Å². The summed E-state index contributed by atoms with van der Waals surface area (Å²) < 4.78 is 15.5. The zero-order valence-corrected chi connectivity index (χ0v) is 13.5. The van der Waals surface area contributed by atoms with Crippen LogP contribution in [0.5, 0.6) is 0 Å². The van der Waals surface area contributed by atoms with Crippen LogP contribution in [0.1, 0.15) is 5.56 Å². The summed E-state index contributed by atoms with van der Waals surface area (Å²) >= 11 is 3.38. The van der Waals surface area contributed by atoms with E-state index in [9.17, 15) is 9.18 Å². The van der Waals surface area contributed by atoms with Crippen molar-refractivity contribution < 1.29 is 14.3 Å². The highest BCUT2D eigenvalue weighted by Gasteiger charge is 2.12. The monoisotopic (exact) mass is 374 g/mol. The van der Waals surface area contributed by atoms with Gasteiger partial charge >= 0.3 is 5.97 Å². The molecular weight excluding hydrogens is 363 g/mol. The number of carboxylic acid groups (broad SMARTS) is 1. The fraction of sp³-hybridized carbons (Fsp3) is 0.0588. The van der Waals surface area contributed by atoms with Gasteiger partial charge in [-0.3, -0.25) is 4.79 Å². The van der Waals surface area contributed by atoms with Gasteiger partial charge in [-0.15, -0.1) is 0 Å². The Morgan fingerprint density at radius 1 is 1.17 bits per heavy atom. The average molecular weight is 375 g/mol. The van der Waals surface area contributed by atoms with Crippen LogP contribution in [-0.2, 0) is 11.2 Å². The lowest BCUT2D eigenvalue weighted by Crippen LogP contribution is -2.01. The predicted molar refractivity (Wildman–Crippen MR) is 88.0 cm³/mol. The van der Waals surface area contributed by atoms with Gasteiger partial charge in [-0.25, -0.2) is 9.07 Å². The highest BCUT2D eigenvalue weighted by Crippen LogP contribution is 2.25. The minimum atomic E-state index is -0.910. The number of aliphatic carboxylic acids is 1. The third kappa shape index (κ3) is 3.32. The van der Waals surface area contributed by atoms with Gasteiger partial charge in [0, 0.05) is 5.56 Å². The first-order valence-electron chi connectivity index (χ1n) is 6.85. The van der Waals surface area contributed by atoms with Crippen molar-refractivity contribution in [3.8, 4) is 16.8 Å². The van der Waals surface area contributed by atoms with E-state index in [4.69, 9.17) is 5.11 Å². The van der Waals surface area contributed by atoms with E-state index in [1.54, 1.807) is 10.7 Å². The molecule has 0 spiro atoms. The first kappa shape index (κ1) is 15.4. The Morgan fingerprint density at radius 3 is 2.57 bits per heavy atom. The second-order valence-electron chi connectivity index (χ2n) is 5.00. The zero-order chi connectivity index (χ0) is 16.4. The summed E-state index contributed by atoms with van der Waals surface area (Å²) in [5.41, 5.74) is 3.07. The van der Waals surface area contributed by atoms with Gasteiger partial charge in [-0.1, -0.05) is 24.3 Å². The van der Waals surface area contributed by atoms with Gasteiger partial charge in [0.25, 0.3) is 0 Å². The van der Waals surface area contributed by atoms with Crippen molar-refractivity contribution in [1.82, 2.24) is 9.78 Å². The van der Waals surface area contributed by atoms with E-state index >= 15 is 0 Å². The summed E-state index contributed by atoms with van der Waals surface area (Å²) in [5, 5.41) is 13.1. The molecule has 116 valence electrons. The fourth-order valence-electron chi connectivity index (χ4n) is 2.29. The Kier molecular flexibility index (Phi) is 4.25. The van der Waals surface area contributed by atoms with Gasteiger partial charge in [0.2, 0.25) is 0 Å². The number of benzene rings is 2. The van der Waals surface area contributed by atoms with Gasteiger partial charge in [-0.2, -0.15) is 5.10 Å². The summed E-state index contributed by atoms with van der Waals surface area (Å²) in [7, 11) is 0. The lowest BCUT2D eigenvalue weighted by molar-refractivity contribution is -0.136. The third-order valence-electron chi connectivity index (χ3n) is 3.39. The second-order valence-corrected chi connectivity index (χ2v) is 5.75. The molecule has 1 aromatic heterocycles. The van der Waals surface area contributed by atoms with Gasteiger partial charge in [0.05, 0.1) is 18.3 Å². The van der Waals surface area contributed by atoms with E-state index < -0.39 is 5.97 Å². The van der Waals surface area contributed by atoms with Crippen LogP contribution in [0.3, 0.4) is 0 Å². The number of halogens is 2. The molecule has 0 fully saturated rings. The van der Waals surface area contributed by atoms with Crippen LogP contribution in [0.4, 0.5) is 4.39 Å². The first-order chi connectivity index (χ1) is 11.0. The topological polar surface area (TPSA) is 55.1 Å². The largest absolute Gasteiger partial charge is 0.481 e. The number of carboxylic acids is 1. The molecule has 0 radical (unpaired) electrons. The highest BCUT2D eigenvalue weighted by atomic mass is 79.9. The number of nitrogens with zero attached hydrogens (tertiary/aromatic N) is 2. The molecule has 4 nitrogen and oxygen atoms in total. The van der Waals surface area contributed by atoms with Crippen LogP contribution in [0.25, 0.3) is 16.8 Å². The Hall–Kier alpha value is -2.47. The maximum atomic E-state index is 13.3. The Balaban J connectivity index is 1.91. The molecule has 0 aliphatic carbocycles. The van der Waals surface area contributed by atoms with Crippen LogP contribution in [-0.4, -0.2) is 20.9 Å². The first-order valence-corrected chi connectivity index (χ1v) is 7.64. The number of hydrogen-bond acceptors (Lipinski definition) is 2. The maximum Gasteiger partial charge on any atom is 0.307 e. The summed E-state index contributed by atoms with van der Waals surface area (Å²) in [6, 6.07) is 13.8. The summed E-state index contributed by atoms with van der Waals surface area (Å²) in [6.07, 6.45) is 1.43. The number of rotatable bonds is 4. The van der Waals surface area contributed by atoms with Crippen LogP contribution < -0.4 is 0 Å². The third-order valence-corrected chi connectivity index (χ3v) is 4.24. The van der Waals surface area contributed by atoms with Crippen molar-refractivity contribution in [1.29, 1.82) is 0 Å². The Morgan fingerprint density at radius 2 is 1.91 bits per heavy atom. The number of carbonyl (C=O) groups is 1. The maximum absolute atomic E-state index is 13.3. The number of aromatic nitrogens is 2. The van der Waals surface area contributed by atoms with Crippen molar-refractivity contribution in [2.45, 2.75) is 6.42 Å². The molecule has 0 saturated carbocycles. The molecule has 3 aromatic rings. The zero-order valence-electron chi connectivity index (χ0n) is 11.9. The van der Waals surface area contributed by atoms with E-state index in [-0.39, 0.29) is 12.2 Å². The molecule has 1 N–H and O–H groups in total. The second kappa shape index (κ2) is 6.34. The van der Waals surface area contributed by atoms with E-state index in [2.05, 4.69) is 21.0 Å². The van der Waals surface area contributed by atoms with Crippen molar-refractivity contribution in [3.05, 3.63) is 70.7 Å². The number of hydrogen-bond donors (Lipinski definition) is 1. The van der Waals surface area contributed by atoms with Gasteiger partial charge in [-0.05, 0) is 51.3 Å². The van der Waals surface area contributed by atoms with Gasteiger partial charge in [0.1, 0.15) is 10.4 Å². The Bertz CT molecular complexity index is 859. The predicted octanol–water partition coefficient (Wildman–Crippen LogP) is 4.07. The molecule has 2 aromatic carbocycles. The van der Waals surface area contributed by atoms with Crippen LogP contribution in [0, 0.1) is 5.82 Å². The molecule has 3 rings (SSSR count). The lowest BCUT2D eigenvalue weighted by atomic mass is 10.1. The van der Waals surface area contributed by atoms with Gasteiger partial charge in [0.15, 0.2) is 0 Å². The van der Waals surface area contributed by atoms with E-state index in [0.29, 0.717) is 10.2 Å². The standard InChI is InChI=1S/C17H12BrFN2O2/c18-17-13(9-16(22)23)10-20-21(17)15-6-4-11(5-7-15)12-2-1-3-14(19)8-12/h1-8,10H,9H2,(H,22,23). The normalized spacial score (nSPS) is 10.7. The summed E-state index contributed by atoms with van der Waals surface area (Å²) in [5.74, 6) is -1.19. The molecule has 6 heteroatoms. The fourth-order valence-corrected chi connectivity index (χ4v) is 2.83. The van der Waals surface area contributed by atoms with Crippen molar-refractivity contribution in [3.63, 3.8) is 0 Å². The smallest absolute Gasteiger partial charge is 0.307 e. The molecule has 0 saturated heterocycles.